The van der Waals surface area contributed by atoms with Crippen LogP contribution in [0.5, 0.6) is 11.5 Å². The van der Waals surface area contributed by atoms with Gasteiger partial charge in [0, 0.05) is 16.8 Å². The molecular formula is C18H15ClK3N3O6S. The molecular weight excluding hydrogens is 539 g/mol. The van der Waals surface area contributed by atoms with E-state index < -0.39 is 20.8 Å². The number of aryl methyl sites for hydroxylation is 1. The van der Waals surface area contributed by atoms with Gasteiger partial charge >= 0.3 is 154 Å². The molecule has 0 bridgehead atoms. The first kappa shape index (κ1) is 40.8. The zero-order valence-corrected chi connectivity index (χ0v) is 28.8. The topological polar surface area (TPSA) is 173 Å². The molecule has 32 heavy (non-hydrogen) atoms. The zero-order chi connectivity index (χ0) is 20.2. The van der Waals surface area contributed by atoms with E-state index >= 15 is 0 Å². The molecule has 0 saturated heterocycles. The maximum atomic E-state index is 11.5. The molecule has 0 aliphatic rings. The van der Waals surface area contributed by atoms with Gasteiger partial charge in [0.05, 0.1) is 0 Å². The van der Waals surface area contributed by atoms with E-state index in [1.54, 1.807) is 30.3 Å². The number of aromatic hydroxyl groups is 2. The summed E-state index contributed by atoms with van der Waals surface area (Å²) in [5.74, 6) is -0.532. The molecule has 0 radical (unpaired) electrons. The first-order valence-corrected chi connectivity index (χ1v) is 8.87. The third-order valence-corrected chi connectivity index (χ3v) is 4.52. The van der Waals surface area contributed by atoms with Crippen LogP contribution in [-0.2, 0) is 10.1 Å². The van der Waals surface area contributed by atoms with Gasteiger partial charge in [-0.05, 0) is 24.6 Å². The third-order valence-electron chi connectivity index (χ3n) is 3.62. The quantitative estimate of drug-likeness (QED) is 0.125. The Hall–Kier alpha value is 1.68. The minimum absolute atomic E-state index is 0. The summed E-state index contributed by atoms with van der Waals surface area (Å²) in [6.07, 6.45) is 0. The molecule has 4 N–H and O–H groups in total. The maximum absolute atomic E-state index is 11.5. The van der Waals surface area contributed by atoms with Crippen molar-refractivity contribution < 1.29 is 195 Å². The molecule has 0 spiro atoms. The number of hydrogen-bond donors (Lipinski definition) is 3. The van der Waals surface area contributed by atoms with Gasteiger partial charge in [0.25, 0.3) is 10.1 Å². The van der Waals surface area contributed by atoms with Gasteiger partial charge < -0.3 is 39.9 Å². The van der Waals surface area contributed by atoms with Crippen molar-refractivity contribution in [2.24, 2.45) is 10.2 Å². The van der Waals surface area contributed by atoms with Gasteiger partial charge in [-0.2, -0.15) is 8.42 Å². The van der Waals surface area contributed by atoms with E-state index in [-0.39, 0.29) is 195 Å². The number of fused-ring (bicyclic) bond motifs is 1. The number of benzene rings is 3. The molecule has 0 unspecified atom stereocenters. The van der Waals surface area contributed by atoms with Crippen molar-refractivity contribution in [3.63, 3.8) is 0 Å². The Bertz CT molecular complexity index is 1180. The van der Waals surface area contributed by atoms with Crippen LogP contribution in [0.3, 0.4) is 0 Å². The molecule has 0 aliphatic heterocycles. The van der Waals surface area contributed by atoms with E-state index in [1.807, 2.05) is 6.92 Å². The number of phenols is 2. The van der Waals surface area contributed by atoms with Crippen molar-refractivity contribution in [3.8, 4) is 11.5 Å². The molecule has 3 rings (SSSR count). The molecule has 9 nitrogen and oxygen atoms in total. The second-order valence-corrected chi connectivity index (χ2v) is 6.85. The standard InChI is InChI=1S/C17H14N2O5S.CN.ClH.3K.H2O/c1-10-6-7-14(20)13(8-10)18-19-17-12-5-3-2-4-11(12)16(9-15(17)21)25(22,23)24;1-2;;;;;/h2-9,20-21H,1H3,(H,22,23,24);;1H;;;;1H2/q;-1;;3*+1;/p-2. The number of azo groups is 1. The Morgan fingerprint density at radius 2 is 1.41 bits per heavy atom. The Labute approximate surface area is 319 Å². The fourth-order valence-electron chi connectivity index (χ4n) is 2.45. The summed E-state index contributed by atoms with van der Waals surface area (Å²) in [6, 6.07) is 12.0. The van der Waals surface area contributed by atoms with Gasteiger partial charge in [-0.25, -0.2) is 0 Å². The number of hydrogen-bond acceptors (Lipinski definition) is 8. The number of nitrogens with zero attached hydrogens (tertiary/aromatic N) is 3. The smallest absolute Gasteiger partial charge is 1.00 e. The molecule has 0 amide bonds. The fourth-order valence-corrected chi connectivity index (χ4v) is 3.17. The molecule has 14 heteroatoms. The van der Waals surface area contributed by atoms with E-state index in [0.717, 1.165) is 11.6 Å². The molecule has 0 aliphatic carbocycles. The number of phenolic OH excluding ortho intramolecular Hbond substituents is 2. The summed E-state index contributed by atoms with van der Waals surface area (Å²) in [5.41, 5.74) is 1.11. The molecule has 0 fully saturated rings. The monoisotopic (exact) mass is 553 g/mol. The van der Waals surface area contributed by atoms with Gasteiger partial charge in [-0.15, -0.1) is 10.2 Å². The molecule has 0 saturated carbocycles. The fraction of sp³-hybridized carbons (Fsp3) is 0.0556. The van der Waals surface area contributed by atoms with E-state index in [9.17, 15) is 23.2 Å². The first-order chi connectivity index (χ1) is 12.8. The largest absolute Gasteiger partial charge is 1.00 e. The van der Waals surface area contributed by atoms with Crippen LogP contribution < -0.4 is 167 Å². The Morgan fingerprint density at radius 3 is 1.94 bits per heavy atom. The minimum atomic E-state index is -4.52. The van der Waals surface area contributed by atoms with Crippen LogP contribution >= 0.6 is 0 Å². The van der Waals surface area contributed by atoms with Gasteiger partial charge in [0.1, 0.15) is 27.8 Å². The van der Waals surface area contributed by atoms with Crippen LogP contribution in [-0.4, -0.2) is 28.7 Å². The first-order valence-electron chi connectivity index (χ1n) is 7.43. The van der Waals surface area contributed by atoms with Crippen LogP contribution in [0.4, 0.5) is 11.4 Å². The number of halogens is 1. The SMILES string of the molecule is Cc1ccc(O)c(N=Nc2c(O)cc(S(=O)(=O)O)c3ccccc23)c1.[C-]#N.[Cl-].[K+].[K+].[K+].[OH-]. The second kappa shape index (κ2) is 18.9. The van der Waals surface area contributed by atoms with Crippen LogP contribution in [0.25, 0.3) is 10.8 Å². The maximum Gasteiger partial charge on any atom is 1.00 e. The van der Waals surface area contributed by atoms with Crippen molar-refractivity contribution in [3.05, 3.63) is 60.7 Å². The Kier molecular flexibility index (Phi) is 24.1. The summed E-state index contributed by atoms with van der Waals surface area (Å²) >= 11 is 0. The minimum Gasteiger partial charge on any atom is -1.00 e. The van der Waals surface area contributed by atoms with Gasteiger partial charge in [-0.1, -0.05) is 30.3 Å². The summed E-state index contributed by atoms with van der Waals surface area (Å²) in [5, 5.41) is 34.6. The summed E-state index contributed by atoms with van der Waals surface area (Å²) in [6.45, 7) is 6.58. The predicted octanol–water partition coefficient (Wildman–Crippen LogP) is -7.84. The van der Waals surface area contributed by atoms with E-state index in [2.05, 4.69) is 10.2 Å². The molecule has 0 atom stereocenters. The van der Waals surface area contributed by atoms with Crippen LogP contribution in [0.1, 0.15) is 5.56 Å². The molecule has 154 valence electrons. The van der Waals surface area contributed by atoms with Crippen LogP contribution in [0.2, 0.25) is 0 Å². The molecule has 3 aromatic carbocycles. The molecule has 0 heterocycles. The van der Waals surface area contributed by atoms with E-state index in [0.29, 0.717) is 5.39 Å². The van der Waals surface area contributed by atoms with E-state index in [1.165, 1.54) is 12.1 Å². The Balaban J connectivity index is -0.000000545. The normalized spacial score (nSPS) is 9.50. The van der Waals surface area contributed by atoms with Crippen molar-refractivity contribution in [2.75, 3.05) is 0 Å². The van der Waals surface area contributed by atoms with Crippen molar-refractivity contribution in [1.82, 2.24) is 0 Å². The molecule has 3 aromatic rings. The summed E-state index contributed by atoms with van der Waals surface area (Å²) < 4.78 is 32.4. The van der Waals surface area contributed by atoms with Crippen molar-refractivity contribution in [1.29, 1.82) is 5.26 Å². The van der Waals surface area contributed by atoms with Gasteiger partial charge in [-0.3, -0.25) is 4.55 Å². The summed E-state index contributed by atoms with van der Waals surface area (Å²) in [4.78, 5) is -0.419. The Morgan fingerprint density at radius 1 is 0.875 bits per heavy atom. The predicted molar refractivity (Wildman–Crippen MR) is 99.4 cm³/mol. The third kappa shape index (κ3) is 10.7. The van der Waals surface area contributed by atoms with Crippen LogP contribution in [0, 0.1) is 18.8 Å². The zero-order valence-electron chi connectivity index (χ0n) is 17.9. The number of rotatable bonds is 3. The molecule has 0 aromatic heterocycles. The summed E-state index contributed by atoms with van der Waals surface area (Å²) in [7, 11) is -4.52. The van der Waals surface area contributed by atoms with Crippen LogP contribution in [0.15, 0.2) is 63.7 Å². The van der Waals surface area contributed by atoms with Crippen molar-refractivity contribution in [2.45, 2.75) is 11.8 Å². The van der Waals surface area contributed by atoms with Gasteiger partial charge in [0.15, 0.2) is 0 Å². The average Bonchev–Trinajstić information content (AvgIpc) is 2.64. The van der Waals surface area contributed by atoms with Crippen molar-refractivity contribution >= 4 is 32.3 Å². The average molecular weight is 554 g/mol. The van der Waals surface area contributed by atoms with E-state index in [4.69, 9.17) is 11.8 Å². The van der Waals surface area contributed by atoms with Gasteiger partial charge in [0.2, 0.25) is 0 Å². The second-order valence-electron chi connectivity index (χ2n) is 5.46.